The summed E-state index contributed by atoms with van der Waals surface area (Å²) in [4.78, 5) is 8.69. The van der Waals surface area contributed by atoms with Gasteiger partial charge in [-0.15, -0.1) is 13.2 Å². The topological polar surface area (TPSA) is 59.1 Å². The quantitative estimate of drug-likeness (QED) is 0.527. The molecule has 9 heteroatoms. The Balaban J connectivity index is 1.86. The van der Waals surface area contributed by atoms with Gasteiger partial charge in [0, 0.05) is 24.7 Å². The molecule has 0 aliphatic rings. The van der Waals surface area contributed by atoms with Crippen molar-refractivity contribution in [3.8, 4) is 17.0 Å². The first-order valence-electron chi connectivity index (χ1n) is 8.80. The number of benzene rings is 2. The summed E-state index contributed by atoms with van der Waals surface area (Å²) >= 11 is 0. The van der Waals surface area contributed by atoms with E-state index in [4.69, 9.17) is 0 Å². The van der Waals surface area contributed by atoms with Crippen molar-refractivity contribution in [3.63, 3.8) is 0 Å². The van der Waals surface area contributed by atoms with Crippen LogP contribution in [0.2, 0.25) is 0 Å². The zero-order valence-electron chi connectivity index (χ0n) is 15.4. The Morgan fingerprint density at radius 1 is 0.966 bits per heavy atom. The number of halogens is 4. The summed E-state index contributed by atoms with van der Waals surface area (Å²) in [7, 11) is 0. The molecule has 0 saturated heterocycles. The number of nitrogens with zero attached hydrogens (tertiary/aromatic N) is 2. The first-order valence-corrected chi connectivity index (χ1v) is 8.80. The van der Waals surface area contributed by atoms with Crippen LogP contribution in [0.4, 0.5) is 29.3 Å². The molecule has 5 nitrogen and oxygen atoms in total. The third kappa shape index (κ3) is 6.06. The number of rotatable bonds is 7. The number of hydrogen-bond donors (Lipinski definition) is 2. The van der Waals surface area contributed by atoms with E-state index in [1.165, 1.54) is 30.3 Å². The number of anilines is 2. The maximum atomic E-state index is 13.0. The second kappa shape index (κ2) is 8.76. The molecule has 29 heavy (non-hydrogen) atoms. The lowest BCUT2D eigenvalue weighted by atomic mass is 10.1. The minimum absolute atomic E-state index is 0.325. The van der Waals surface area contributed by atoms with Crippen LogP contribution in [0.3, 0.4) is 0 Å². The van der Waals surface area contributed by atoms with Crippen molar-refractivity contribution < 1.29 is 22.3 Å². The van der Waals surface area contributed by atoms with Gasteiger partial charge in [-0.25, -0.2) is 9.37 Å². The van der Waals surface area contributed by atoms with Crippen LogP contribution >= 0.6 is 0 Å². The highest BCUT2D eigenvalue weighted by Crippen LogP contribution is 2.28. The molecule has 0 atom stereocenters. The van der Waals surface area contributed by atoms with E-state index in [2.05, 4.69) is 25.3 Å². The van der Waals surface area contributed by atoms with Crippen LogP contribution in [-0.2, 0) is 6.54 Å². The normalized spacial score (nSPS) is 11.2. The lowest BCUT2D eigenvalue weighted by Crippen LogP contribution is -2.17. The summed E-state index contributed by atoms with van der Waals surface area (Å²) in [6.07, 6.45) is -4.78. The van der Waals surface area contributed by atoms with Gasteiger partial charge >= 0.3 is 6.36 Å². The number of alkyl halides is 3. The molecule has 1 aromatic heterocycles. The van der Waals surface area contributed by atoms with E-state index in [0.717, 1.165) is 5.56 Å². The van der Waals surface area contributed by atoms with Crippen LogP contribution in [0.15, 0.2) is 54.6 Å². The summed E-state index contributed by atoms with van der Waals surface area (Å²) in [5.41, 5.74) is 1.71. The molecule has 152 valence electrons. The molecule has 0 spiro atoms. The lowest BCUT2D eigenvalue weighted by molar-refractivity contribution is -0.274. The van der Waals surface area contributed by atoms with Crippen molar-refractivity contribution in [2.24, 2.45) is 0 Å². The van der Waals surface area contributed by atoms with Crippen molar-refractivity contribution in [3.05, 3.63) is 66.0 Å². The van der Waals surface area contributed by atoms with E-state index < -0.39 is 6.36 Å². The van der Waals surface area contributed by atoms with Gasteiger partial charge in [0.2, 0.25) is 5.95 Å². The third-order valence-corrected chi connectivity index (χ3v) is 3.81. The van der Waals surface area contributed by atoms with Gasteiger partial charge in [0.1, 0.15) is 17.4 Å². The monoisotopic (exact) mass is 406 g/mol. The molecule has 3 aromatic rings. The van der Waals surface area contributed by atoms with Gasteiger partial charge in [-0.05, 0) is 36.8 Å². The SMILES string of the molecule is CCNc1nc(NCc2ccc(F)cc2)cc(-c2cccc(OC(F)(F)F)c2)n1. The van der Waals surface area contributed by atoms with E-state index in [9.17, 15) is 17.6 Å². The largest absolute Gasteiger partial charge is 0.573 e. The molecule has 0 aliphatic heterocycles. The second-order valence-electron chi connectivity index (χ2n) is 6.05. The molecule has 2 aromatic carbocycles. The lowest BCUT2D eigenvalue weighted by Gasteiger charge is -2.12. The molecule has 2 N–H and O–H groups in total. The highest BCUT2D eigenvalue weighted by Gasteiger charge is 2.31. The van der Waals surface area contributed by atoms with Crippen LogP contribution in [-0.4, -0.2) is 22.9 Å². The summed E-state index contributed by atoms with van der Waals surface area (Å²) in [5, 5.41) is 6.11. The van der Waals surface area contributed by atoms with Gasteiger partial charge in [-0.3, -0.25) is 0 Å². The smallest absolute Gasteiger partial charge is 0.406 e. The van der Waals surface area contributed by atoms with Crippen LogP contribution in [0.5, 0.6) is 5.75 Å². The maximum Gasteiger partial charge on any atom is 0.573 e. The van der Waals surface area contributed by atoms with Crippen LogP contribution in [0, 0.1) is 5.82 Å². The highest BCUT2D eigenvalue weighted by atomic mass is 19.4. The van der Waals surface area contributed by atoms with E-state index in [1.807, 2.05) is 6.92 Å². The van der Waals surface area contributed by atoms with Crippen molar-refractivity contribution >= 4 is 11.8 Å². The first kappa shape index (κ1) is 20.4. The summed E-state index contributed by atoms with van der Waals surface area (Å²) < 4.78 is 54.5. The molecule has 0 bridgehead atoms. The van der Waals surface area contributed by atoms with E-state index >= 15 is 0 Å². The molecule has 3 rings (SSSR count). The number of aromatic nitrogens is 2. The van der Waals surface area contributed by atoms with Crippen LogP contribution < -0.4 is 15.4 Å². The minimum atomic E-state index is -4.78. The molecule has 0 radical (unpaired) electrons. The van der Waals surface area contributed by atoms with Crippen LogP contribution in [0.1, 0.15) is 12.5 Å². The Kier molecular flexibility index (Phi) is 6.16. The summed E-state index contributed by atoms with van der Waals surface area (Å²) in [6, 6.07) is 13.2. The standard InChI is InChI=1S/C20H18F4N4O/c1-2-25-19-27-17(14-4-3-5-16(10-14)29-20(22,23)24)11-18(28-19)26-12-13-6-8-15(21)9-7-13/h3-11H,2,12H2,1H3,(H2,25,26,27,28). The molecule has 0 amide bonds. The Bertz CT molecular complexity index is 961. The fraction of sp³-hybridized carbons (Fsp3) is 0.200. The van der Waals surface area contributed by atoms with E-state index in [-0.39, 0.29) is 11.6 Å². The number of nitrogens with one attached hydrogen (secondary N) is 2. The zero-order chi connectivity index (χ0) is 20.9. The number of hydrogen-bond acceptors (Lipinski definition) is 5. The van der Waals surface area contributed by atoms with Gasteiger partial charge < -0.3 is 15.4 Å². The average molecular weight is 406 g/mol. The number of ether oxygens (including phenoxy) is 1. The van der Waals surface area contributed by atoms with E-state index in [0.29, 0.717) is 36.1 Å². The summed E-state index contributed by atoms with van der Waals surface area (Å²) in [6.45, 7) is 2.83. The molecule has 0 fully saturated rings. The van der Waals surface area contributed by atoms with Crippen molar-refractivity contribution in [2.45, 2.75) is 19.8 Å². The van der Waals surface area contributed by atoms with E-state index in [1.54, 1.807) is 24.3 Å². The van der Waals surface area contributed by atoms with Crippen molar-refractivity contribution in [2.75, 3.05) is 17.2 Å². The Morgan fingerprint density at radius 2 is 1.72 bits per heavy atom. The van der Waals surface area contributed by atoms with Gasteiger partial charge in [0.15, 0.2) is 0 Å². The molecule has 0 unspecified atom stereocenters. The predicted octanol–water partition coefficient (Wildman–Crippen LogP) is 5.23. The molecular weight excluding hydrogens is 388 g/mol. The van der Waals surface area contributed by atoms with Crippen molar-refractivity contribution in [1.29, 1.82) is 0 Å². The Hall–Kier alpha value is -3.36. The highest BCUT2D eigenvalue weighted by molar-refractivity contribution is 5.66. The molecule has 1 heterocycles. The van der Waals surface area contributed by atoms with Crippen LogP contribution in [0.25, 0.3) is 11.3 Å². The van der Waals surface area contributed by atoms with Crippen molar-refractivity contribution in [1.82, 2.24) is 9.97 Å². The van der Waals surface area contributed by atoms with Gasteiger partial charge in [-0.2, -0.15) is 4.98 Å². The average Bonchev–Trinajstić information content (AvgIpc) is 2.66. The molecular formula is C20H18F4N4O. The Morgan fingerprint density at radius 3 is 2.41 bits per heavy atom. The molecule has 0 aliphatic carbocycles. The maximum absolute atomic E-state index is 13.0. The predicted molar refractivity (Wildman–Crippen MR) is 102 cm³/mol. The third-order valence-electron chi connectivity index (χ3n) is 3.81. The minimum Gasteiger partial charge on any atom is -0.406 e. The van der Waals surface area contributed by atoms with Gasteiger partial charge in [-0.1, -0.05) is 24.3 Å². The van der Waals surface area contributed by atoms with Gasteiger partial charge in [0.25, 0.3) is 0 Å². The zero-order valence-corrected chi connectivity index (χ0v) is 15.4. The Labute approximate surface area is 164 Å². The fourth-order valence-electron chi connectivity index (χ4n) is 2.57. The first-order chi connectivity index (χ1) is 13.8. The molecule has 0 saturated carbocycles. The van der Waals surface area contributed by atoms with Gasteiger partial charge in [0.05, 0.1) is 5.69 Å². The fourth-order valence-corrected chi connectivity index (χ4v) is 2.57. The second-order valence-corrected chi connectivity index (χ2v) is 6.05. The summed E-state index contributed by atoms with van der Waals surface area (Å²) in [5.74, 6) is 0.138.